The number of hydrogen-bond acceptors (Lipinski definition) is 4. The lowest BCUT2D eigenvalue weighted by molar-refractivity contribution is 0.0766. The lowest BCUT2D eigenvalue weighted by Crippen LogP contribution is -2.31. The van der Waals surface area contributed by atoms with Crippen LogP contribution in [0.15, 0.2) is 42.9 Å². The average Bonchev–Trinajstić information content (AvgIpc) is 2.49. The van der Waals surface area contributed by atoms with E-state index >= 15 is 0 Å². The molecule has 0 saturated carbocycles. The molecule has 2 rings (SSSR count). The molecule has 5 nitrogen and oxygen atoms in total. The standard InChI is InChI=1S/C14H14FN3O2/c1-18(14(19)12-10-16-6-7-17-12)8-9-20-13-5-3-2-4-11(13)15/h2-7,10H,8-9H2,1H3. The number of ether oxygens (including phenoxy) is 1. The predicted octanol–water partition coefficient (Wildman–Crippen LogP) is 1.77. The number of rotatable bonds is 5. The fraction of sp³-hybridized carbons (Fsp3) is 0.214. The molecule has 0 aliphatic heterocycles. The van der Waals surface area contributed by atoms with Crippen molar-refractivity contribution < 1.29 is 13.9 Å². The number of carbonyl (C=O) groups is 1. The summed E-state index contributed by atoms with van der Waals surface area (Å²) in [6, 6.07) is 6.14. The van der Waals surface area contributed by atoms with E-state index in [0.29, 0.717) is 6.54 Å². The number of benzene rings is 1. The van der Waals surface area contributed by atoms with Gasteiger partial charge in [0, 0.05) is 19.4 Å². The van der Waals surface area contributed by atoms with Crippen molar-refractivity contribution in [2.24, 2.45) is 0 Å². The van der Waals surface area contributed by atoms with E-state index in [1.54, 1.807) is 25.2 Å². The summed E-state index contributed by atoms with van der Waals surface area (Å²) in [7, 11) is 1.63. The van der Waals surface area contributed by atoms with Gasteiger partial charge in [-0.25, -0.2) is 9.37 Å². The van der Waals surface area contributed by atoms with Gasteiger partial charge in [0.1, 0.15) is 12.3 Å². The summed E-state index contributed by atoms with van der Waals surface area (Å²) in [5, 5.41) is 0. The summed E-state index contributed by atoms with van der Waals surface area (Å²) >= 11 is 0. The molecule has 0 spiro atoms. The van der Waals surface area contributed by atoms with Crippen molar-refractivity contribution in [3.63, 3.8) is 0 Å². The topological polar surface area (TPSA) is 55.3 Å². The number of amides is 1. The van der Waals surface area contributed by atoms with Gasteiger partial charge >= 0.3 is 0 Å². The second-order valence-electron chi connectivity index (χ2n) is 4.10. The molecule has 1 aromatic heterocycles. The smallest absolute Gasteiger partial charge is 0.273 e. The molecular formula is C14H14FN3O2. The highest BCUT2D eigenvalue weighted by Crippen LogP contribution is 2.15. The van der Waals surface area contributed by atoms with Gasteiger partial charge in [0.25, 0.3) is 5.91 Å². The van der Waals surface area contributed by atoms with Crippen LogP contribution in [0.2, 0.25) is 0 Å². The normalized spacial score (nSPS) is 10.1. The Bertz CT molecular complexity index is 578. The average molecular weight is 275 g/mol. The van der Waals surface area contributed by atoms with Gasteiger partial charge in [0.2, 0.25) is 0 Å². The van der Waals surface area contributed by atoms with E-state index in [1.165, 1.54) is 29.6 Å². The molecule has 1 amide bonds. The molecule has 6 heteroatoms. The van der Waals surface area contributed by atoms with Crippen molar-refractivity contribution in [1.82, 2.24) is 14.9 Å². The molecular weight excluding hydrogens is 261 g/mol. The first kappa shape index (κ1) is 13.9. The third-order valence-corrected chi connectivity index (χ3v) is 2.65. The van der Waals surface area contributed by atoms with Crippen LogP contribution in [0.5, 0.6) is 5.75 Å². The summed E-state index contributed by atoms with van der Waals surface area (Å²) in [5.74, 6) is -0.501. The van der Waals surface area contributed by atoms with Gasteiger partial charge in [-0.15, -0.1) is 0 Å². The molecule has 0 fully saturated rings. The Hall–Kier alpha value is -2.50. The molecule has 2 aromatic rings. The maximum atomic E-state index is 13.3. The first-order chi connectivity index (χ1) is 9.68. The van der Waals surface area contributed by atoms with Crippen LogP contribution in [-0.4, -0.2) is 41.0 Å². The fourth-order valence-corrected chi connectivity index (χ4v) is 1.56. The van der Waals surface area contributed by atoms with Gasteiger partial charge < -0.3 is 9.64 Å². The molecule has 0 aliphatic rings. The van der Waals surface area contributed by atoms with Crippen molar-refractivity contribution in [3.05, 3.63) is 54.4 Å². The molecule has 0 bridgehead atoms. The maximum absolute atomic E-state index is 13.3. The van der Waals surface area contributed by atoms with E-state index in [2.05, 4.69) is 9.97 Å². The van der Waals surface area contributed by atoms with E-state index in [4.69, 9.17) is 4.74 Å². The van der Waals surface area contributed by atoms with Crippen LogP contribution in [0.4, 0.5) is 4.39 Å². The monoisotopic (exact) mass is 275 g/mol. The molecule has 0 radical (unpaired) electrons. The van der Waals surface area contributed by atoms with Crippen LogP contribution >= 0.6 is 0 Å². The van der Waals surface area contributed by atoms with Crippen molar-refractivity contribution >= 4 is 5.91 Å². The van der Waals surface area contributed by atoms with Crippen LogP contribution in [0.3, 0.4) is 0 Å². The van der Waals surface area contributed by atoms with E-state index in [1.807, 2.05) is 0 Å². The zero-order valence-electron chi connectivity index (χ0n) is 11.0. The van der Waals surface area contributed by atoms with E-state index in [0.717, 1.165) is 0 Å². The lowest BCUT2D eigenvalue weighted by atomic mass is 10.3. The molecule has 20 heavy (non-hydrogen) atoms. The highest BCUT2D eigenvalue weighted by atomic mass is 19.1. The van der Waals surface area contributed by atoms with Gasteiger partial charge in [-0.05, 0) is 12.1 Å². The van der Waals surface area contributed by atoms with E-state index < -0.39 is 5.82 Å². The minimum Gasteiger partial charge on any atom is -0.489 e. The number of hydrogen-bond donors (Lipinski definition) is 0. The third kappa shape index (κ3) is 3.50. The highest BCUT2D eigenvalue weighted by Gasteiger charge is 2.13. The van der Waals surface area contributed by atoms with Gasteiger partial charge in [-0.2, -0.15) is 0 Å². The van der Waals surface area contributed by atoms with E-state index in [-0.39, 0.29) is 24.0 Å². The Morgan fingerprint density at radius 2 is 2.15 bits per heavy atom. The van der Waals surface area contributed by atoms with Gasteiger partial charge in [0.15, 0.2) is 11.6 Å². The molecule has 0 saturated heterocycles. The molecule has 104 valence electrons. The Morgan fingerprint density at radius 1 is 1.35 bits per heavy atom. The molecule has 0 unspecified atom stereocenters. The zero-order chi connectivity index (χ0) is 14.4. The Kier molecular flexibility index (Phi) is 4.60. The molecule has 0 atom stereocenters. The zero-order valence-corrected chi connectivity index (χ0v) is 11.0. The second kappa shape index (κ2) is 6.60. The van der Waals surface area contributed by atoms with Crippen LogP contribution in [-0.2, 0) is 0 Å². The first-order valence-electron chi connectivity index (χ1n) is 6.07. The molecule has 0 N–H and O–H groups in total. The number of para-hydroxylation sites is 1. The van der Waals surface area contributed by atoms with Crippen LogP contribution in [0.1, 0.15) is 10.5 Å². The Labute approximate surface area is 116 Å². The summed E-state index contributed by atoms with van der Waals surface area (Å²) in [6.45, 7) is 0.521. The summed E-state index contributed by atoms with van der Waals surface area (Å²) in [5.41, 5.74) is 0.265. The number of nitrogens with zero attached hydrogens (tertiary/aromatic N) is 3. The van der Waals surface area contributed by atoms with E-state index in [9.17, 15) is 9.18 Å². The Morgan fingerprint density at radius 3 is 2.85 bits per heavy atom. The van der Waals surface area contributed by atoms with Crippen molar-refractivity contribution in [2.75, 3.05) is 20.2 Å². The second-order valence-corrected chi connectivity index (χ2v) is 4.10. The van der Waals surface area contributed by atoms with Crippen LogP contribution < -0.4 is 4.74 Å². The fourth-order valence-electron chi connectivity index (χ4n) is 1.56. The van der Waals surface area contributed by atoms with Crippen molar-refractivity contribution in [1.29, 1.82) is 0 Å². The van der Waals surface area contributed by atoms with Crippen molar-refractivity contribution in [2.45, 2.75) is 0 Å². The highest BCUT2D eigenvalue weighted by molar-refractivity contribution is 5.91. The number of halogens is 1. The summed E-state index contributed by atoms with van der Waals surface area (Å²) < 4.78 is 18.6. The van der Waals surface area contributed by atoms with Crippen molar-refractivity contribution in [3.8, 4) is 5.75 Å². The number of aromatic nitrogens is 2. The van der Waals surface area contributed by atoms with Gasteiger partial charge in [-0.3, -0.25) is 9.78 Å². The summed E-state index contributed by atoms with van der Waals surface area (Å²) in [6.07, 6.45) is 4.35. The SMILES string of the molecule is CN(CCOc1ccccc1F)C(=O)c1cnccn1. The predicted molar refractivity (Wildman–Crippen MR) is 70.9 cm³/mol. The van der Waals surface area contributed by atoms with Gasteiger partial charge in [0.05, 0.1) is 12.7 Å². The number of carbonyl (C=O) groups excluding carboxylic acids is 1. The first-order valence-corrected chi connectivity index (χ1v) is 6.07. The minimum absolute atomic E-state index is 0.174. The summed E-state index contributed by atoms with van der Waals surface area (Å²) in [4.78, 5) is 21.2. The van der Waals surface area contributed by atoms with Crippen LogP contribution in [0, 0.1) is 5.82 Å². The molecule has 1 heterocycles. The van der Waals surface area contributed by atoms with Gasteiger partial charge in [-0.1, -0.05) is 12.1 Å². The third-order valence-electron chi connectivity index (χ3n) is 2.65. The maximum Gasteiger partial charge on any atom is 0.273 e. The molecule has 1 aromatic carbocycles. The minimum atomic E-state index is -0.421. The molecule has 0 aliphatic carbocycles. The lowest BCUT2D eigenvalue weighted by Gasteiger charge is -2.16. The largest absolute Gasteiger partial charge is 0.489 e. The Balaban J connectivity index is 1.85. The quantitative estimate of drug-likeness (QED) is 0.834. The number of likely N-dealkylation sites (N-methyl/N-ethyl adjacent to an activating group) is 1. The van der Waals surface area contributed by atoms with Crippen LogP contribution in [0.25, 0.3) is 0 Å².